The average molecular weight is 302 g/mol. The van der Waals surface area contributed by atoms with Gasteiger partial charge in [-0.05, 0) is 48.9 Å². The van der Waals surface area contributed by atoms with Gasteiger partial charge in [0, 0.05) is 13.5 Å². The van der Waals surface area contributed by atoms with Crippen molar-refractivity contribution in [3.63, 3.8) is 0 Å². The Hall–Kier alpha value is -2.20. The molecule has 0 fully saturated rings. The normalized spacial score (nSPS) is 13.4. The Balaban J connectivity index is 2.17. The van der Waals surface area contributed by atoms with E-state index in [4.69, 9.17) is 18.9 Å². The van der Waals surface area contributed by atoms with Crippen molar-refractivity contribution in [2.75, 3.05) is 6.61 Å². The zero-order valence-electron chi connectivity index (χ0n) is 13.2. The molecule has 0 spiro atoms. The fourth-order valence-corrected chi connectivity index (χ4v) is 2.16. The summed E-state index contributed by atoms with van der Waals surface area (Å²) in [6.07, 6.45) is 0.711. The minimum absolute atomic E-state index is 0.275. The number of benzene rings is 2. The van der Waals surface area contributed by atoms with Gasteiger partial charge in [-0.2, -0.15) is 0 Å². The van der Waals surface area contributed by atoms with Crippen LogP contribution in [-0.2, 0) is 9.47 Å². The van der Waals surface area contributed by atoms with Gasteiger partial charge in [-0.15, -0.1) is 0 Å². The highest BCUT2D eigenvalue weighted by Gasteiger charge is 2.06. The van der Waals surface area contributed by atoms with Crippen LogP contribution in [0, 0.1) is 0 Å². The van der Waals surface area contributed by atoms with Crippen molar-refractivity contribution in [1.29, 1.82) is 0 Å². The summed E-state index contributed by atoms with van der Waals surface area (Å²) in [6, 6.07) is 11.8. The summed E-state index contributed by atoms with van der Waals surface area (Å²) < 4.78 is 21.9. The van der Waals surface area contributed by atoms with Crippen LogP contribution in [0.15, 0.2) is 49.2 Å². The number of hydrogen-bond acceptors (Lipinski definition) is 4. The van der Waals surface area contributed by atoms with E-state index in [2.05, 4.69) is 6.58 Å². The molecule has 0 N–H and O–H groups in total. The van der Waals surface area contributed by atoms with Crippen LogP contribution in [-0.4, -0.2) is 19.2 Å². The lowest BCUT2D eigenvalue weighted by molar-refractivity contribution is -0.0612. The predicted octanol–water partition coefficient (Wildman–Crippen LogP) is 4.49. The van der Waals surface area contributed by atoms with Gasteiger partial charge in [0.15, 0.2) is 6.29 Å². The molecule has 0 saturated carbocycles. The summed E-state index contributed by atoms with van der Waals surface area (Å²) in [5.41, 5.74) is 0. The van der Waals surface area contributed by atoms with E-state index in [0.29, 0.717) is 6.61 Å². The first-order valence-corrected chi connectivity index (χ1v) is 7.37. The third kappa shape index (κ3) is 4.40. The van der Waals surface area contributed by atoms with Crippen LogP contribution in [0.4, 0.5) is 0 Å². The van der Waals surface area contributed by atoms with E-state index in [1.807, 2.05) is 57.2 Å². The van der Waals surface area contributed by atoms with Crippen LogP contribution in [0.3, 0.4) is 0 Å². The molecule has 2 aromatic carbocycles. The maximum Gasteiger partial charge on any atom is 0.237 e. The number of hydrogen-bond donors (Lipinski definition) is 0. The molecule has 118 valence electrons. The van der Waals surface area contributed by atoms with E-state index in [-0.39, 0.29) is 12.6 Å². The maximum absolute atomic E-state index is 5.72. The Morgan fingerprint density at radius 1 is 0.955 bits per heavy atom. The van der Waals surface area contributed by atoms with Gasteiger partial charge in [-0.1, -0.05) is 18.7 Å². The van der Waals surface area contributed by atoms with Crippen molar-refractivity contribution in [3.8, 4) is 11.5 Å². The van der Waals surface area contributed by atoms with E-state index in [0.717, 1.165) is 22.3 Å². The monoisotopic (exact) mass is 302 g/mol. The molecule has 0 saturated heterocycles. The molecule has 4 nitrogen and oxygen atoms in total. The standard InChI is InChI=1S/C18H22O4/c1-5-19-13(3)21-17-9-7-15-8-10-18(12-16(15)11-17)22-14(4)20-6-2/h5,7-14H,1,6H2,2-4H3. The van der Waals surface area contributed by atoms with Crippen molar-refractivity contribution in [1.82, 2.24) is 0 Å². The molecule has 0 bridgehead atoms. The van der Waals surface area contributed by atoms with Crippen molar-refractivity contribution in [2.45, 2.75) is 33.4 Å². The van der Waals surface area contributed by atoms with E-state index in [9.17, 15) is 0 Å². The summed E-state index contributed by atoms with van der Waals surface area (Å²) in [4.78, 5) is 0. The van der Waals surface area contributed by atoms with Gasteiger partial charge in [-0.25, -0.2) is 0 Å². The molecule has 2 atom stereocenters. The van der Waals surface area contributed by atoms with Crippen molar-refractivity contribution < 1.29 is 18.9 Å². The van der Waals surface area contributed by atoms with Crippen molar-refractivity contribution in [3.05, 3.63) is 49.2 Å². The van der Waals surface area contributed by atoms with Gasteiger partial charge in [0.25, 0.3) is 0 Å². The van der Waals surface area contributed by atoms with Gasteiger partial charge in [0.05, 0.1) is 6.26 Å². The fraction of sp³-hybridized carbons (Fsp3) is 0.333. The Morgan fingerprint density at radius 2 is 1.55 bits per heavy atom. The third-order valence-electron chi connectivity index (χ3n) is 3.08. The Kier molecular flexibility index (Phi) is 5.67. The lowest BCUT2D eigenvalue weighted by Gasteiger charge is -2.16. The van der Waals surface area contributed by atoms with Crippen LogP contribution < -0.4 is 9.47 Å². The van der Waals surface area contributed by atoms with Gasteiger partial charge in [-0.3, -0.25) is 0 Å². The summed E-state index contributed by atoms with van der Waals surface area (Å²) in [5.74, 6) is 1.50. The molecule has 0 radical (unpaired) electrons. The van der Waals surface area contributed by atoms with Gasteiger partial charge < -0.3 is 18.9 Å². The van der Waals surface area contributed by atoms with Crippen LogP contribution in [0.5, 0.6) is 11.5 Å². The number of rotatable bonds is 8. The van der Waals surface area contributed by atoms with Gasteiger partial charge in [0.2, 0.25) is 6.29 Å². The molecule has 2 rings (SSSR count). The Bertz CT molecular complexity index is 624. The molecule has 0 amide bonds. The van der Waals surface area contributed by atoms with E-state index in [1.165, 1.54) is 6.26 Å². The zero-order valence-corrected chi connectivity index (χ0v) is 13.2. The van der Waals surface area contributed by atoms with Crippen molar-refractivity contribution >= 4 is 10.8 Å². The summed E-state index contributed by atoms with van der Waals surface area (Å²) >= 11 is 0. The molecule has 0 aliphatic heterocycles. The lowest BCUT2D eigenvalue weighted by atomic mass is 10.1. The molecule has 0 heterocycles. The molecule has 22 heavy (non-hydrogen) atoms. The first-order valence-electron chi connectivity index (χ1n) is 7.37. The van der Waals surface area contributed by atoms with Crippen LogP contribution in [0.1, 0.15) is 20.8 Å². The Morgan fingerprint density at radius 3 is 2.09 bits per heavy atom. The summed E-state index contributed by atoms with van der Waals surface area (Å²) in [6.45, 7) is 9.77. The number of ether oxygens (including phenoxy) is 4. The minimum atomic E-state index is -0.382. The van der Waals surface area contributed by atoms with Crippen LogP contribution >= 0.6 is 0 Å². The molecular formula is C18H22O4. The van der Waals surface area contributed by atoms with Crippen LogP contribution in [0.25, 0.3) is 10.8 Å². The Labute approximate surface area is 131 Å². The minimum Gasteiger partial charge on any atom is -0.465 e. The smallest absolute Gasteiger partial charge is 0.237 e. The average Bonchev–Trinajstić information content (AvgIpc) is 2.47. The molecule has 0 aliphatic rings. The van der Waals surface area contributed by atoms with E-state index < -0.39 is 0 Å². The highest BCUT2D eigenvalue weighted by Crippen LogP contribution is 2.26. The predicted molar refractivity (Wildman–Crippen MR) is 87.0 cm³/mol. The highest BCUT2D eigenvalue weighted by molar-refractivity contribution is 5.85. The summed E-state index contributed by atoms with van der Waals surface area (Å²) in [7, 11) is 0. The quantitative estimate of drug-likeness (QED) is 0.532. The number of fused-ring (bicyclic) bond motifs is 1. The topological polar surface area (TPSA) is 36.9 Å². The van der Waals surface area contributed by atoms with Gasteiger partial charge >= 0.3 is 0 Å². The van der Waals surface area contributed by atoms with Crippen LogP contribution in [0.2, 0.25) is 0 Å². The third-order valence-corrected chi connectivity index (χ3v) is 3.08. The van der Waals surface area contributed by atoms with Crippen molar-refractivity contribution in [2.24, 2.45) is 0 Å². The molecule has 4 heteroatoms. The summed E-state index contributed by atoms with van der Waals surface area (Å²) in [5, 5.41) is 2.14. The molecule has 0 aromatic heterocycles. The second kappa shape index (κ2) is 7.71. The molecular weight excluding hydrogens is 280 g/mol. The first-order chi connectivity index (χ1) is 10.6. The van der Waals surface area contributed by atoms with Gasteiger partial charge in [0.1, 0.15) is 11.5 Å². The second-order valence-electron chi connectivity index (χ2n) is 4.80. The fourth-order valence-electron chi connectivity index (χ4n) is 2.16. The molecule has 2 aromatic rings. The first kappa shape index (κ1) is 16.2. The zero-order chi connectivity index (χ0) is 15.9. The lowest BCUT2D eigenvalue weighted by Crippen LogP contribution is -2.15. The largest absolute Gasteiger partial charge is 0.465 e. The molecule has 2 unspecified atom stereocenters. The van der Waals surface area contributed by atoms with E-state index in [1.54, 1.807) is 0 Å². The van der Waals surface area contributed by atoms with E-state index >= 15 is 0 Å². The second-order valence-corrected chi connectivity index (χ2v) is 4.80. The SMILES string of the molecule is C=COC(C)Oc1ccc2ccc(OC(C)OCC)cc2c1. The molecule has 0 aliphatic carbocycles. The highest BCUT2D eigenvalue weighted by atomic mass is 16.7. The maximum atomic E-state index is 5.72.